The van der Waals surface area contributed by atoms with Crippen LogP contribution in [0.2, 0.25) is 10.0 Å². The maximum atomic E-state index is 12.7. The second kappa shape index (κ2) is 9.11. The van der Waals surface area contributed by atoms with Crippen LogP contribution in [0.1, 0.15) is 18.1 Å². The van der Waals surface area contributed by atoms with E-state index in [0.717, 1.165) is 11.1 Å². The first-order chi connectivity index (χ1) is 13.9. The van der Waals surface area contributed by atoms with Crippen LogP contribution in [-0.4, -0.2) is 22.6 Å². The molecule has 29 heavy (non-hydrogen) atoms. The Hall–Kier alpha value is -2.83. The zero-order valence-corrected chi connectivity index (χ0v) is 17.7. The quantitative estimate of drug-likeness (QED) is 0.418. The Bertz CT molecular complexity index is 1110. The molecule has 0 bridgehead atoms. The molecule has 0 aliphatic rings. The Balaban J connectivity index is 1.90. The molecule has 3 rings (SSSR count). The summed E-state index contributed by atoms with van der Waals surface area (Å²) in [5, 5.41) is 9.21. The molecule has 2 aromatic carbocycles. The molecule has 0 amide bonds. The molecular formula is C21H19Cl2N3O3. The summed E-state index contributed by atoms with van der Waals surface area (Å²) < 4.78 is 6.61. The first-order valence-electron chi connectivity index (χ1n) is 8.72. The Morgan fingerprint density at radius 2 is 1.86 bits per heavy atom. The van der Waals surface area contributed by atoms with Crippen LogP contribution in [0.3, 0.4) is 0 Å². The van der Waals surface area contributed by atoms with Crippen LogP contribution in [0.15, 0.2) is 58.6 Å². The Morgan fingerprint density at radius 1 is 1.17 bits per heavy atom. The van der Waals surface area contributed by atoms with E-state index in [1.165, 1.54) is 18.0 Å². The Labute approximate surface area is 178 Å². The zero-order valence-electron chi connectivity index (χ0n) is 16.1. The molecule has 0 atom stereocenters. The molecule has 0 N–H and O–H groups in total. The van der Waals surface area contributed by atoms with Crippen LogP contribution in [-0.2, 0) is 18.5 Å². The van der Waals surface area contributed by atoms with Crippen molar-refractivity contribution < 1.29 is 9.57 Å². The smallest absolute Gasteiger partial charge is 0.278 e. The first kappa shape index (κ1) is 20.9. The molecule has 3 aromatic rings. The fourth-order valence-electron chi connectivity index (χ4n) is 2.83. The molecule has 0 fully saturated rings. The van der Waals surface area contributed by atoms with Crippen molar-refractivity contribution in [3.05, 3.63) is 80.2 Å². The summed E-state index contributed by atoms with van der Waals surface area (Å²) in [6, 6.07) is 12.6. The van der Waals surface area contributed by atoms with E-state index >= 15 is 0 Å². The predicted octanol–water partition coefficient (Wildman–Crippen LogP) is 4.70. The van der Waals surface area contributed by atoms with Gasteiger partial charge in [-0.05, 0) is 30.7 Å². The van der Waals surface area contributed by atoms with Crippen molar-refractivity contribution in [2.75, 3.05) is 7.11 Å². The second-order valence-corrected chi connectivity index (χ2v) is 7.15. The lowest BCUT2D eigenvalue weighted by atomic mass is 10.0. The molecule has 0 radical (unpaired) electrons. The molecule has 0 aliphatic heterocycles. The molecule has 8 heteroatoms. The minimum atomic E-state index is -0.259. The van der Waals surface area contributed by atoms with E-state index in [9.17, 15) is 4.79 Å². The van der Waals surface area contributed by atoms with Gasteiger partial charge >= 0.3 is 0 Å². The maximum absolute atomic E-state index is 12.7. The predicted molar refractivity (Wildman–Crippen MR) is 115 cm³/mol. The van der Waals surface area contributed by atoms with Gasteiger partial charge in [-0.3, -0.25) is 4.79 Å². The highest BCUT2D eigenvalue weighted by Crippen LogP contribution is 2.29. The van der Waals surface area contributed by atoms with Gasteiger partial charge in [0.1, 0.15) is 6.61 Å². The van der Waals surface area contributed by atoms with E-state index in [-0.39, 0.29) is 12.2 Å². The van der Waals surface area contributed by atoms with Gasteiger partial charge < -0.3 is 9.57 Å². The molecular weight excluding hydrogens is 413 g/mol. The van der Waals surface area contributed by atoms with Gasteiger partial charge in [0.15, 0.2) is 5.75 Å². The Kier molecular flexibility index (Phi) is 6.56. The topological polar surface area (TPSA) is 65.7 Å². The van der Waals surface area contributed by atoms with Crippen LogP contribution < -0.4 is 10.3 Å². The standard InChI is InChI=1S/C21H19Cl2N3O3/c1-13(15-8-16(22)10-17(23)9-15)25-29-12-14-6-4-5-7-18(14)20-19(28-3)11-24-26(2)21(20)27/h4-11H,12H2,1-3H3/b25-13+. The van der Waals surface area contributed by atoms with Gasteiger partial charge in [-0.25, -0.2) is 4.68 Å². The molecule has 0 unspecified atom stereocenters. The molecule has 1 aromatic heterocycles. The SMILES string of the molecule is COc1cnn(C)c(=O)c1-c1ccccc1CO/N=C(\C)c1cc(Cl)cc(Cl)c1. The number of aromatic nitrogens is 2. The largest absolute Gasteiger partial charge is 0.494 e. The van der Waals surface area contributed by atoms with Crippen molar-refractivity contribution in [3.8, 4) is 16.9 Å². The van der Waals surface area contributed by atoms with E-state index in [2.05, 4.69) is 10.3 Å². The lowest BCUT2D eigenvalue weighted by Gasteiger charge is -2.12. The summed E-state index contributed by atoms with van der Waals surface area (Å²) in [7, 11) is 3.09. The molecule has 0 aliphatic carbocycles. The van der Waals surface area contributed by atoms with E-state index in [0.29, 0.717) is 32.6 Å². The van der Waals surface area contributed by atoms with Gasteiger partial charge in [0, 0.05) is 28.2 Å². The van der Waals surface area contributed by atoms with Crippen molar-refractivity contribution in [2.24, 2.45) is 12.2 Å². The summed E-state index contributed by atoms with van der Waals surface area (Å²) in [6.45, 7) is 1.96. The monoisotopic (exact) mass is 431 g/mol. The zero-order chi connectivity index (χ0) is 21.0. The number of oxime groups is 1. The number of halogens is 2. The summed E-state index contributed by atoms with van der Waals surface area (Å²) in [6.07, 6.45) is 1.51. The van der Waals surface area contributed by atoms with Crippen LogP contribution in [0, 0.1) is 0 Å². The maximum Gasteiger partial charge on any atom is 0.278 e. The summed E-state index contributed by atoms with van der Waals surface area (Å²) >= 11 is 12.1. The average Bonchev–Trinajstić information content (AvgIpc) is 2.69. The fourth-order valence-corrected chi connectivity index (χ4v) is 3.36. The van der Waals surface area contributed by atoms with Gasteiger partial charge in [0.2, 0.25) is 0 Å². The fraction of sp³-hybridized carbons (Fsp3) is 0.190. The van der Waals surface area contributed by atoms with E-state index in [1.807, 2.05) is 24.3 Å². The number of methoxy groups -OCH3 is 1. The molecule has 0 saturated heterocycles. The average molecular weight is 432 g/mol. The van der Waals surface area contributed by atoms with Crippen molar-refractivity contribution in [3.63, 3.8) is 0 Å². The van der Waals surface area contributed by atoms with E-state index < -0.39 is 0 Å². The van der Waals surface area contributed by atoms with Crippen molar-refractivity contribution in [1.29, 1.82) is 0 Å². The van der Waals surface area contributed by atoms with Crippen molar-refractivity contribution in [1.82, 2.24) is 9.78 Å². The van der Waals surface area contributed by atoms with Crippen LogP contribution in [0.4, 0.5) is 0 Å². The number of benzene rings is 2. The van der Waals surface area contributed by atoms with Gasteiger partial charge in [-0.1, -0.05) is 52.6 Å². The summed E-state index contributed by atoms with van der Waals surface area (Å²) in [5.41, 5.74) is 3.04. The number of ether oxygens (including phenoxy) is 1. The molecule has 1 heterocycles. The Morgan fingerprint density at radius 3 is 2.55 bits per heavy atom. The highest BCUT2D eigenvalue weighted by Gasteiger charge is 2.16. The third-order valence-corrected chi connectivity index (χ3v) is 4.75. The van der Waals surface area contributed by atoms with Crippen LogP contribution >= 0.6 is 23.2 Å². The van der Waals surface area contributed by atoms with Crippen molar-refractivity contribution >= 4 is 28.9 Å². The molecule has 6 nitrogen and oxygen atoms in total. The van der Waals surface area contributed by atoms with Crippen LogP contribution in [0.5, 0.6) is 5.75 Å². The number of hydrogen-bond acceptors (Lipinski definition) is 5. The second-order valence-electron chi connectivity index (χ2n) is 6.28. The number of rotatable bonds is 6. The minimum absolute atomic E-state index is 0.163. The molecule has 0 saturated carbocycles. The van der Waals surface area contributed by atoms with Crippen LogP contribution in [0.25, 0.3) is 11.1 Å². The van der Waals surface area contributed by atoms with E-state index in [1.54, 1.807) is 32.2 Å². The van der Waals surface area contributed by atoms with Gasteiger partial charge in [-0.15, -0.1) is 0 Å². The minimum Gasteiger partial charge on any atom is -0.494 e. The summed E-state index contributed by atoms with van der Waals surface area (Å²) in [5.74, 6) is 0.397. The van der Waals surface area contributed by atoms with Gasteiger partial charge in [0.25, 0.3) is 5.56 Å². The molecule has 150 valence electrons. The highest BCUT2D eigenvalue weighted by atomic mass is 35.5. The summed E-state index contributed by atoms with van der Waals surface area (Å²) in [4.78, 5) is 18.2. The number of aryl methyl sites for hydroxylation is 1. The lowest BCUT2D eigenvalue weighted by Crippen LogP contribution is -2.22. The number of nitrogens with zero attached hydrogens (tertiary/aromatic N) is 3. The third kappa shape index (κ3) is 4.78. The van der Waals surface area contributed by atoms with Gasteiger partial charge in [-0.2, -0.15) is 5.10 Å². The van der Waals surface area contributed by atoms with Crippen molar-refractivity contribution in [2.45, 2.75) is 13.5 Å². The van der Waals surface area contributed by atoms with Gasteiger partial charge in [0.05, 0.1) is 24.6 Å². The van der Waals surface area contributed by atoms with E-state index in [4.69, 9.17) is 32.8 Å². The normalized spacial score (nSPS) is 11.4. The number of hydrogen-bond donors (Lipinski definition) is 0. The first-order valence-corrected chi connectivity index (χ1v) is 9.48. The third-order valence-electron chi connectivity index (χ3n) is 4.31. The highest BCUT2D eigenvalue weighted by molar-refractivity contribution is 6.35. The lowest BCUT2D eigenvalue weighted by molar-refractivity contribution is 0.131. The molecule has 0 spiro atoms.